The van der Waals surface area contributed by atoms with Gasteiger partial charge in [-0.15, -0.1) is 0 Å². The predicted molar refractivity (Wildman–Crippen MR) is 295 cm³/mol. The fourth-order valence-corrected chi connectivity index (χ4v) is 20.5. The number of rotatable bonds is 13. The third-order valence-corrected chi connectivity index (χ3v) is 24.8. The zero-order valence-electron chi connectivity index (χ0n) is 47.7. The van der Waals surface area contributed by atoms with Gasteiger partial charge in [0.05, 0.1) is 12.2 Å². The SMILES string of the molecule is CC(O)C1CCC2C3CC=C4CC(O)CCC4(C)C3CCC12C.CC(OC(=O)CCC1CCCC1)C1CCC2C3CC=C4CC(OC(=O)CCC5CCCC5)CCC4(C)C3CCC12C.O=C(O)CCC1CCCC1. The Bertz CT molecular complexity index is 1970. The van der Waals surface area contributed by atoms with E-state index in [-0.39, 0.29) is 47.2 Å². The van der Waals surface area contributed by atoms with Crippen LogP contribution in [-0.2, 0) is 23.9 Å². The van der Waals surface area contributed by atoms with Gasteiger partial charge < -0.3 is 24.8 Å². The highest BCUT2D eigenvalue weighted by molar-refractivity contribution is 5.70. The highest BCUT2D eigenvalue weighted by Gasteiger charge is 2.61. The highest BCUT2D eigenvalue weighted by Crippen LogP contribution is 2.68. The van der Waals surface area contributed by atoms with E-state index in [9.17, 15) is 24.6 Å². The molecule has 74 heavy (non-hydrogen) atoms. The van der Waals surface area contributed by atoms with Gasteiger partial charge in [0.15, 0.2) is 0 Å². The molecule has 8 heteroatoms. The largest absolute Gasteiger partial charge is 0.481 e. The number of carbonyl (C=O) groups excluding carboxylic acids is 2. The summed E-state index contributed by atoms with van der Waals surface area (Å²) in [6.07, 6.45) is 43.9. The van der Waals surface area contributed by atoms with Crippen molar-refractivity contribution in [1.29, 1.82) is 0 Å². The van der Waals surface area contributed by atoms with Crippen molar-refractivity contribution in [2.75, 3.05) is 0 Å². The van der Waals surface area contributed by atoms with E-state index in [0.29, 0.717) is 41.9 Å². The van der Waals surface area contributed by atoms with E-state index in [1.54, 1.807) is 11.1 Å². The van der Waals surface area contributed by atoms with Crippen molar-refractivity contribution in [3.8, 4) is 0 Å². The molecule has 0 radical (unpaired) electrons. The number of carbonyl (C=O) groups is 3. The zero-order valence-corrected chi connectivity index (χ0v) is 47.7. The molecule has 0 bridgehead atoms. The summed E-state index contributed by atoms with van der Waals surface area (Å²) < 4.78 is 12.2. The van der Waals surface area contributed by atoms with Crippen LogP contribution in [0.4, 0.5) is 0 Å². The summed E-state index contributed by atoms with van der Waals surface area (Å²) in [4.78, 5) is 35.6. The first-order valence-electron chi connectivity index (χ1n) is 31.8. The van der Waals surface area contributed by atoms with Crippen LogP contribution in [0.15, 0.2) is 23.3 Å². The highest BCUT2D eigenvalue weighted by atomic mass is 16.5. The molecule has 0 spiro atoms. The molecule has 0 aliphatic heterocycles. The van der Waals surface area contributed by atoms with Crippen molar-refractivity contribution < 1.29 is 39.2 Å². The maximum Gasteiger partial charge on any atom is 0.306 e. The summed E-state index contributed by atoms with van der Waals surface area (Å²) in [6.45, 7) is 14.2. The van der Waals surface area contributed by atoms with Gasteiger partial charge in [0.25, 0.3) is 0 Å². The molecule has 0 saturated heterocycles. The van der Waals surface area contributed by atoms with E-state index in [1.165, 1.54) is 148 Å². The number of allylic oxidation sites excluding steroid dienone is 2. The normalized spacial score (nSPS) is 41.5. The molecular weight excluding hydrogens is 921 g/mol. The van der Waals surface area contributed by atoms with Crippen LogP contribution in [-0.4, -0.2) is 57.6 Å². The molecule has 16 unspecified atom stereocenters. The average Bonchev–Trinajstić information content (AvgIpc) is 4.26. The Morgan fingerprint density at radius 3 is 1.53 bits per heavy atom. The summed E-state index contributed by atoms with van der Waals surface area (Å²) in [6, 6.07) is 0. The van der Waals surface area contributed by atoms with E-state index < -0.39 is 5.97 Å². The van der Waals surface area contributed by atoms with Gasteiger partial charge in [-0.2, -0.15) is 0 Å². The van der Waals surface area contributed by atoms with Crippen LogP contribution in [0.25, 0.3) is 0 Å². The van der Waals surface area contributed by atoms with Crippen LogP contribution in [0.2, 0.25) is 0 Å². The fourth-order valence-electron chi connectivity index (χ4n) is 20.5. The van der Waals surface area contributed by atoms with Crippen LogP contribution < -0.4 is 0 Å². The molecule has 8 nitrogen and oxygen atoms in total. The quantitative estimate of drug-likeness (QED) is 0.123. The number of aliphatic hydroxyl groups excluding tert-OH is 2. The maximum absolute atomic E-state index is 12.8. The third-order valence-electron chi connectivity index (χ3n) is 24.8. The van der Waals surface area contributed by atoms with Gasteiger partial charge in [0.2, 0.25) is 0 Å². The van der Waals surface area contributed by atoms with E-state index in [4.69, 9.17) is 14.6 Å². The van der Waals surface area contributed by atoms with Gasteiger partial charge >= 0.3 is 17.9 Å². The minimum Gasteiger partial charge on any atom is -0.481 e. The fraction of sp³-hybridized carbons (Fsp3) is 0.894. The lowest BCUT2D eigenvalue weighted by Gasteiger charge is -2.58. The number of carboxylic acid groups (broad SMARTS) is 1. The van der Waals surface area contributed by atoms with Crippen LogP contribution in [0.1, 0.15) is 260 Å². The Kier molecular flexibility index (Phi) is 18.4. The second-order valence-corrected chi connectivity index (χ2v) is 28.6. The predicted octanol–water partition coefficient (Wildman–Crippen LogP) is 15.7. The molecule has 3 N–H and O–H groups in total. The van der Waals surface area contributed by atoms with E-state index in [1.807, 2.05) is 6.92 Å². The Morgan fingerprint density at radius 2 is 1.01 bits per heavy atom. The maximum atomic E-state index is 12.8. The van der Waals surface area contributed by atoms with Gasteiger partial charge in [-0.25, -0.2) is 0 Å². The number of aliphatic carboxylic acids is 1. The standard InChI is InChI=1S/C37H58O4.C21H34O2.C8H14O2/c1-25(40-34(38)18-12-26-8-4-5-9-26)31-16-17-32-30-15-14-28-24-29(41-35(39)19-13-27-10-6-7-11-27)20-22-36(28,2)33(30)21-23-37(31,32)3;1-13(22)17-6-7-18-16-5-4-14-12-15(23)8-10-20(14,2)19(16)9-11-21(17,18)3;9-8(10)6-5-7-3-1-2-4-7/h14,25-27,29-33H,4-13,15-24H2,1-3H3;4,13,15-19,22-23H,5-12H2,1-3H3;7H,1-6H2,(H,9,10). The van der Waals surface area contributed by atoms with E-state index in [0.717, 1.165) is 105 Å². The van der Waals surface area contributed by atoms with Gasteiger partial charge in [0, 0.05) is 31.6 Å². The number of hydrogen-bond acceptors (Lipinski definition) is 7. The summed E-state index contributed by atoms with van der Waals surface area (Å²) in [5.41, 5.74) is 4.37. The van der Waals surface area contributed by atoms with E-state index >= 15 is 0 Å². The number of esters is 2. The molecule has 0 amide bonds. The number of aliphatic hydroxyl groups is 2. The number of carboxylic acids is 1. The number of hydrogen-bond donors (Lipinski definition) is 3. The molecule has 418 valence electrons. The van der Waals surface area contributed by atoms with Gasteiger partial charge in [-0.05, 0) is 210 Å². The summed E-state index contributed by atoms with van der Waals surface area (Å²) in [7, 11) is 0. The minimum absolute atomic E-state index is 0.0294. The van der Waals surface area contributed by atoms with Gasteiger partial charge in [-0.3, -0.25) is 14.4 Å². The Balaban J connectivity index is 0.000000169. The van der Waals surface area contributed by atoms with Crippen LogP contribution in [0, 0.1) is 86.8 Å². The van der Waals surface area contributed by atoms with Crippen LogP contribution in [0.3, 0.4) is 0 Å². The Labute approximate surface area is 449 Å². The number of ether oxygens (including phenoxy) is 2. The molecule has 11 rings (SSSR count). The first-order chi connectivity index (χ1) is 35.4. The average molecular weight is 1030 g/mol. The first-order valence-corrected chi connectivity index (χ1v) is 31.8. The van der Waals surface area contributed by atoms with Gasteiger partial charge in [0.1, 0.15) is 12.2 Å². The smallest absolute Gasteiger partial charge is 0.306 e. The Morgan fingerprint density at radius 1 is 0.554 bits per heavy atom. The van der Waals surface area contributed by atoms with Crippen molar-refractivity contribution in [2.24, 2.45) is 86.8 Å². The second kappa shape index (κ2) is 24.0. The van der Waals surface area contributed by atoms with Crippen LogP contribution in [0.5, 0.6) is 0 Å². The molecule has 0 aromatic carbocycles. The Hall–Kier alpha value is -2.19. The minimum atomic E-state index is -0.646. The lowest BCUT2D eigenvalue weighted by atomic mass is 9.47. The topological polar surface area (TPSA) is 130 Å². The van der Waals surface area contributed by atoms with Crippen molar-refractivity contribution in [3.63, 3.8) is 0 Å². The third kappa shape index (κ3) is 12.0. The van der Waals surface area contributed by atoms with Crippen LogP contribution >= 0.6 is 0 Å². The summed E-state index contributed by atoms with van der Waals surface area (Å²) >= 11 is 0. The molecule has 9 saturated carbocycles. The van der Waals surface area contributed by atoms with Crippen molar-refractivity contribution in [1.82, 2.24) is 0 Å². The summed E-state index contributed by atoms with van der Waals surface area (Å²) in [5, 5.41) is 28.7. The molecule has 16 atom stereocenters. The molecule has 11 aliphatic rings. The number of fused-ring (bicyclic) bond motifs is 10. The monoisotopic (exact) mass is 1030 g/mol. The molecule has 0 aromatic heterocycles. The second-order valence-electron chi connectivity index (χ2n) is 28.6. The van der Waals surface area contributed by atoms with Crippen molar-refractivity contribution in [3.05, 3.63) is 23.3 Å². The lowest BCUT2D eigenvalue weighted by Crippen LogP contribution is -2.51. The molecule has 11 aliphatic carbocycles. The molecule has 0 heterocycles. The summed E-state index contributed by atoms with van der Waals surface area (Å²) in [5.74, 6) is 7.25. The van der Waals surface area contributed by atoms with Crippen molar-refractivity contribution in [2.45, 2.75) is 284 Å². The first kappa shape index (κ1) is 56.5. The van der Waals surface area contributed by atoms with Crippen molar-refractivity contribution >= 4 is 17.9 Å². The zero-order chi connectivity index (χ0) is 52.4. The lowest BCUT2D eigenvalue weighted by molar-refractivity contribution is -0.156. The molecule has 9 fully saturated rings. The molecule has 0 aromatic rings. The molecular formula is C66H106O8. The van der Waals surface area contributed by atoms with E-state index in [2.05, 4.69) is 46.8 Å². The van der Waals surface area contributed by atoms with Gasteiger partial charge in [-0.1, -0.05) is 128 Å².